The van der Waals surface area contributed by atoms with Crippen LogP contribution in [0.1, 0.15) is 84.2 Å². The standard InChI is InChI=1S/C49H58N2O6/c1-5-7-8-12-40-25-34(31-51-40)24-38(22-32-14-18-44(52)48(26-32)56-3)46(54)29-47(55)39(23-33-20-21-50-30-33)27-37-17-19-45(53)49(57-4)43(37)28-42-35(6-2)15-16-36-11-9-10-13-41(36)42/h9-11,13-21,25-26,30-31,38-39,47,50-53,55H,5-8,12,22-24,27-29H2,1-4H3. The maximum absolute atomic E-state index is 14.5. The van der Waals surface area contributed by atoms with E-state index in [9.17, 15) is 20.1 Å². The van der Waals surface area contributed by atoms with E-state index in [-0.39, 0.29) is 29.6 Å². The Morgan fingerprint density at radius 3 is 2.30 bits per heavy atom. The molecule has 0 saturated heterocycles. The second-order valence-electron chi connectivity index (χ2n) is 15.4. The fraction of sp³-hybridized carbons (Fsp3) is 0.367. The van der Waals surface area contributed by atoms with E-state index in [1.54, 1.807) is 25.3 Å². The van der Waals surface area contributed by atoms with Crippen LogP contribution in [0.25, 0.3) is 10.8 Å². The molecule has 0 aliphatic rings. The number of H-pyrrole nitrogens is 2. The van der Waals surface area contributed by atoms with Gasteiger partial charge in [0.15, 0.2) is 23.0 Å². The molecule has 3 unspecified atom stereocenters. The van der Waals surface area contributed by atoms with Crippen molar-refractivity contribution in [2.45, 2.75) is 90.6 Å². The fourth-order valence-electron chi connectivity index (χ4n) is 8.36. The van der Waals surface area contributed by atoms with Crippen LogP contribution in [0.2, 0.25) is 0 Å². The van der Waals surface area contributed by atoms with Crippen LogP contribution in [-0.2, 0) is 49.7 Å². The van der Waals surface area contributed by atoms with Gasteiger partial charge >= 0.3 is 0 Å². The van der Waals surface area contributed by atoms with E-state index in [0.717, 1.165) is 70.0 Å². The zero-order valence-corrected chi connectivity index (χ0v) is 33.8. The molecular weight excluding hydrogens is 713 g/mol. The number of nitrogens with one attached hydrogen (secondary N) is 2. The molecule has 0 aliphatic heterocycles. The summed E-state index contributed by atoms with van der Waals surface area (Å²) >= 11 is 0. The maximum atomic E-state index is 14.5. The number of aliphatic hydroxyl groups is 1. The van der Waals surface area contributed by atoms with Crippen molar-refractivity contribution in [2.24, 2.45) is 11.8 Å². The van der Waals surface area contributed by atoms with Gasteiger partial charge < -0.3 is 34.8 Å². The molecule has 0 fully saturated rings. The third-order valence-corrected chi connectivity index (χ3v) is 11.5. The Morgan fingerprint density at radius 2 is 1.54 bits per heavy atom. The molecule has 6 aromatic rings. The lowest BCUT2D eigenvalue weighted by molar-refractivity contribution is -0.125. The number of rotatable bonds is 21. The number of carbonyl (C=O) groups excluding carboxylic acids is 1. The summed E-state index contributed by atoms with van der Waals surface area (Å²) in [7, 11) is 3.10. The first-order chi connectivity index (χ1) is 27.7. The van der Waals surface area contributed by atoms with Gasteiger partial charge in [0.25, 0.3) is 0 Å². The molecule has 300 valence electrons. The van der Waals surface area contributed by atoms with E-state index in [2.05, 4.69) is 60.2 Å². The summed E-state index contributed by atoms with van der Waals surface area (Å²) in [6, 6.07) is 25.7. The number of benzene rings is 4. The minimum absolute atomic E-state index is 0.0172. The number of phenolic OH excluding ortho intramolecular Hbond substituents is 2. The summed E-state index contributed by atoms with van der Waals surface area (Å²) in [4.78, 5) is 21.1. The first kappa shape index (κ1) is 41.2. The second-order valence-corrected chi connectivity index (χ2v) is 15.4. The zero-order chi connectivity index (χ0) is 40.3. The summed E-state index contributed by atoms with van der Waals surface area (Å²) in [5.41, 5.74) is 8.39. The molecule has 8 heteroatoms. The van der Waals surface area contributed by atoms with E-state index in [1.807, 2.05) is 42.9 Å². The molecule has 2 heterocycles. The average Bonchev–Trinajstić information content (AvgIpc) is 3.91. The molecule has 0 spiro atoms. The smallest absolute Gasteiger partial charge is 0.164 e. The van der Waals surface area contributed by atoms with Crippen LogP contribution in [0.3, 0.4) is 0 Å². The van der Waals surface area contributed by atoms with Gasteiger partial charge in [-0.15, -0.1) is 0 Å². The lowest BCUT2D eigenvalue weighted by Gasteiger charge is -2.26. The van der Waals surface area contributed by atoms with Crippen molar-refractivity contribution < 1.29 is 29.6 Å². The molecule has 8 nitrogen and oxygen atoms in total. The number of aromatic hydroxyl groups is 2. The average molecular weight is 771 g/mol. The van der Waals surface area contributed by atoms with Crippen molar-refractivity contribution in [3.8, 4) is 23.0 Å². The normalized spacial score (nSPS) is 13.1. The van der Waals surface area contributed by atoms with Crippen LogP contribution in [0.4, 0.5) is 0 Å². The molecule has 0 radical (unpaired) electrons. The van der Waals surface area contributed by atoms with E-state index in [0.29, 0.717) is 43.6 Å². The van der Waals surface area contributed by atoms with Crippen LogP contribution in [0.15, 0.2) is 97.5 Å². The first-order valence-corrected chi connectivity index (χ1v) is 20.4. The van der Waals surface area contributed by atoms with Crippen molar-refractivity contribution in [1.29, 1.82) is 0 Å². The zero-order valence-electron chi connectivity index (χ0n) is 33.8. The number of hydrogen-bond acceptors (Lipinski definition) is 6. The first-order valence-electron chi connectivity index (χ1n) is 20.4. The maximum Gasteiger partial charge on any atom is 0.164 e. The summed E-state index contributed by atoms with van der Waals surface area (Å²) in [5, 5.41) is 35.8. The summed E-state index contributed by atoms with van der Waals surface area (Å²) in [5.74, 6) is 0.157. The number of ketones is 1. The minimum atomic E-state index is -0.948. The van der Waals surface area contributed by atoms with E-state index in [1.165, 1.54) is 24.7 Å². The van der Waals surface area contributed by atoms with Crippen molar-refractivity contribution in [1.82, 2.24) is 9.97 Å². The monoisotopic (exact) mass is 770 g/mol. The van der Waals surface area contributed by atoms with Gasteiger partial charge in [0.2, 0.25) is 0 Å². The Bertz CT molecular complexity index is 2220. The predicted molar refractivity (Wildman–Crippen MR) is 228 cm³/mol. The Kier molecular flexibility index (Phi) is 14.2. The van der Waals surface area contributed by atoms with Gasteiger partial charge in [-0.2, -0.15) is 0 Å². The van der Waals surface area contributed by atoms with Gasteiger partial charge in [0.05, 0.1) is 20.3 Å². The molecule has 0 saturated carbocycles. The number of ether oxygens (including phenoxy) is 2. The van der Waals surface area contributed by atoms with E-state index >= 15 is 0 Å². The number of aliphatic hydroxyl groups excluding tert-OH is 1. The van der Waals surface area contributed by atoms with Gasteiger partial charge in [-0.3, -0.25) is 4.79 Å². The van der Waals surface area contributed by atoms with Crippen LogP contribution in [0, 0.1) is 11.8 Å². The Balaban J connectivity index is 1.31. The molecule has 0 amide bonds. The summed E-state index contributed by atoms with van der Waals surface area (Å²) in [6.07, 6.45) is 12.6. The quantitative estimate of drug-likeness (QED) is 0.0464. The Hall–Kier alpha value is -5.47. The number of carbonyl (C=O) groups is 1. The van der Waals surface area contributed by atoms with Crippen molar-refractivity contribution in [3.05, 3.63) is 142 Å². The third kappa shape index (κ3) is 10.3. The highest BCUT2D eigenvalue weighted by Crippen LogP contribution is 2.38. The number of hydrogen-bond donors (Lipinski definition) is 5. The van der Waals surface area contributed by atoms with Gasteiger partial charge in [-0.05, 0) is 125 Å². The Labute approximate surface area is 336 Å². The lowest BCUT2D eigenvalue weighted by atomic mass is 9.81. The number of fused-ring (bicyclic) bond motifs is 1. The van der Waals surface area contributed by atoms with Crippen molar-refractivity contribution >= 4 is 16.6 Å². The highest BCUT2D eigenvalue weighted by molar-refractivity contribution is 5.87. The number of methoxy groups -OCH3 is 2. The van der Waals surface area contributed by atoms with Gasteiger partial charge in [-0.1, -0.05) is 75.2 Å². The molecular formula is C49H58N2O6. The second kappa shape index (κ2) is 19.6. The van der Waals surface area contributed by atoms with E-state index < -0.39 is 12.0 Å². The van der Waals surface area contributed by atoms with Crippen LogP contribution in [-0.4, -0.2) is 51.4 Å². The molecule has 2 aromatic heterocycles. The minimum Gasteiger partial charge on any atom is -0.504 e. The topological polar surface area (TPSA) is 128 Å². The Morgan fingerprint density at radius 1 is 0.754 bits per heavy atom. The number of unbranched alkanes of at least 4 members (excludes halogenated alkanes) is 2. The number of Topliss-reactive ketones (excluding diaryl/α,β-unsaturated/α-hetero) is 1. The van der Waals surface area contributed by atoms with Gasteiger partial charge in [0.1, 0.15) is 5.78 Å². The SMILES string of the molecule is CCCCCc1cc(CC(Cc2ccc(O)c(OC)c2)C(=O)CC(O)C(Cc2cc[nH]c2)Cc2ccc(O)c(OC)c2Cc2c(CC)ccc3ccccc23)c[nH]1. The van der Waals surface area contributed by atoms with Crippen molar-refractivity contribution in [2.75, 3.05) is 14.2 Å². The highest BCUT2D eigenvalue weighted by atomic mass is 16.5. The van der Waals surface area contributed by atoms with Crippen LogP contribution >= 0.6 is 0 Å². The number of aromatic amines is 2. The third-order valence-electron chi connectivity index (χ3n) is 11.5. The van der Waals surface area contributed by atoms with E-state index in [4.69, 9.17) is 9.47 Å². The molecule has 0 bridgehead atoms. The summed E-state index contributed by atoms with van der Waals surface area (Å²) < 4.78 is 11.3. The molecule has 5 N–H and O–H groups in total. The fourth-order valence-corrected chi connectivity index (χ4v) is 8.36. The molecule has 6 rings (SSSR count). The number of phenols is 2. The molecule has 3 atom stereocenters. The molecule has 0 aliphatic carbocycles. The predicted octanol–water partition coefficient (Wildman–Crippen LogP) is 9.63. The molecule has 4 aromatic carbocycles. The molecule has 57 heavy (non-hydrogen) atoms. The largest absolute Gasteiger partial charge is 0.504 e. The highest BCUT2D eigenvalue weighted by Gasteiger charge is 2.29. The van der Waals surface area contributed by atoms with Crippen molar-refractivity contribution in [3.63, 3.8) is 0 Å². The summed E-state index contributed by atoms with van der Waals surface area (Å²) in [6.45, 7) is 4.35. The van der Waals surface area contributed by atoms with Crippen LogP contribution in [0.5, 0.6) is 23.0 Å². The van der Waals surface area contributed by atoms with Gasteiger partial charge in [-0.25, -0.2) is 0 Å². The number of aryl methyl sites for hydroxylation is 2. The van der Waals surface area contributed by atoms with Crippen LogP contribution < -0.4 is 9.47 Å². The lowest BCUT2D eigenvalue weighted by Crippen LogP contribution is -2.31. The number of aromatic nitrogens is 2. The van der Waals surface area contributed by atoms with Gasteiger partial charge in [0, 0.05) is 48.6 Å².